The van der Waals surface area contributed by atoms with Crippen LogP contribution in [0.4, 0.5) is 11.5 Å². The van der Waals surface area contributed by atoms with Crippen LogP contribution in [0.3, 0.4) is 0 Å². The number of hydrogen-bond donors (Lipinski definition) is 3. The van der Waals surface area contributed by atoms with Crippen molar-refractivity contribution in [1.82, 2.24) is 25.0 Å². The van der Waals surface area contributed by atoms with Crippen LogP contribution in [-0.2, 0) is 0 Å². The summed E-state index contributed by atoms with van der Waals surface area (Å²) in [6.45, 7) is 12.4. The Morgan fingerprint density at radius 1 is 0.942 bits per heavy atom. The first-order chi connectivity index (χ1) is 25.2. The van der Waals surface area contributed by atoms with Crippen LogP contribution in [0.15, 0.2) is 116 Å². The van der Waals surface area contributed by atoms with Gasteiger partial charge in [-0.15, -0.1) is 0 Å². The highest BCUT2D eigenvalue weighted by atomic mass is 35.5. The first-order valence-corrected chi connectivity index (χ1v) is 18.1. The standard InChI is InChI=1S/C42H41Cl2N7O/c1-5-51(28(3)30-14-16-32(43)17-15-30)40(27(2)29-10-7-6-8-11-29)38-35-19-18-33(44)25-37(35)46-39(38)42(52)47-41-36(26-45-48-41)31-12-9-13-34(24-31)50-22-20-49(4)21-23-50/h5-19,24-26,28,46H,1,20-23H2,2-4H3,(H2,45,47,48,52)/b40-27+. The third kappa shape index (κ3) is 7.10. The molecule has 0 bridgehead atoms. The Bertz CT molecular complexity index is 2250. The molecule has 0 spiro atoms. The van der Waals surface area contributed by atoms with Crippen molar-refractivity contribution in [1.29, 1.82) is 0 Å². The number of fused-ring (bicyclic) bond motifs is 1. The third-order valence-corrected chi connectivity index (χ3v) is 10.4. The van der Waals surface area contributed by atoms with Gasteiger partial charge in [0, 0.05) is 63.9 Å². The van der Waals surface area contributed by atoms with E-state index in [4.69, 9.17) is 23.2 Å². The van der Waals surface area contributed by atoms with Gasteiger partial charge in [-0.1, -0.05) is 90.4 Å². The molecule has 7 rings (SSSR count). The van der Waals surface area contributed by atoms with Gasteiger partial charge in [0.25, 0.3) is 5.91 Å². The van der Waals surface area contributed by atoms with Gasteiger partial charge in [-0.2, -0.15) is 5.10 Å². The number of hydrogen-bond acceptors (Lipinski definition) is 5. The molecule has 0 aliphatic carbocycles. The molecule has 52 heavy (non-hydrogen) atoms. The second-order valence-corrected chi connectivity index (χ2v) is 14.0. The van der Waals surface area contributed by atoms with E-state index < -0.39 is 0 Å². The Morgan fingerprint density at radius 3 is 2.40 bits per heavy atom. The molecular formula is C42H41Cl2N7O. The fourth-order valence-electron chi connectivity index (χ4n) is 6.98. The lowest BCUT2D eigenvalue weighted by Gasteiger charge is -2.34. The van der Waals surface area contributed by atoms with Crippen LogP contribution in [0.25, 0.3) is 33.3 Å². The average molecular weight is 731 g/mol. The zero-order valence-corrected chi connectivity index (χ0v) is 31.0. The largest absolute Gasteiger partial charge is 0.369 e. The van der Waals surface area contributed by atoms with Crippen LogP contribution in [0, 0.1) is 0 Å². The first-order valence-electron chi connectivity index (χ1n) is 17.3. The van der Waals surface area contributed by atoms with E-state index in [9.17, 15) is 4.79 Å². The van der Waals surface area contributed by atoms with E-state index in [1.54, 1.807) is 6.20 Å². The van der Waals surface area contributed by atoms with Crippen LogP contribution in [-0.4, -0.2) is 64.1 Å². The fourth-order valence-corrected chi connectivity index (χ4v) is 7.28. The number of allylic oxidation sites excluding steroid dienone is 1. The average Bonchev–Trinajstić information content (AvgIpc) is 3.78. The summed E-state index contributed by atoms with van der Waals surface area (Å²) in [4.78, 5) is 24.9. The smallest absolute Gasteiger partial charge is 0.273 e. The second-order valence-electron chi connectivity index (χ2n) is 13.2. The van der Waals surface area contributed by atoms with Crippen LogP contribution in [0.5, 0.6) is 0 Å². The van der Waals surface area contributed by atoms with Crippen LogP contribution < -0.4 is 10.2 Å². The van der Waals surface area contributed by atoms with Crippen molar-refractivity contribution < 1.29 is 4.79 Å². The molecule has 8 nitrogen and oxygen atoms in total. The van der Waals surface area contributed by atoms with Crippen molar-refractivity contribution in [2.45, 2.75) is 19.9 Å². The molecule has 1 aliphatic rings. The molecule has 3 N–H and O–H groups in total. The number of likely N-dealkylation sites (N-methyl/N-ethyl adjacent to an activating group) is 1. The SMILES string of the molecule is C=CN(/C(=C(\C)c1ccccc1)c1c(C(=O)Nc2[nH]ncc2-c2cccc(N3CCN(C)CC3)c2)[nH]c2cc(Cl)ccc12)C(C)c1ccc(Cl)cc1. The quantitative estimate of drug-likeness (QED) is 0.131. The van der Waals surface area contributed by atoms with Gasteiger partial charge in [0.15, 0.2) is 0 Å². The van der Waals surface area contributed by atoms with E-state index in [2.05, 4.69) is 93.0 Å². The third-order valence-electron chi connectivity index (χ3n) is 9.91. The number of aromatic nitrogens is 3. The van der Waals surface area contributed by atoms with Gasteiger partial charge < -0.3 is 25.0 Å². The van der Waals surface area contributed by atoms with E-state index in [0.717, 1.165) is 81.9 Å². The highest BCUT2D eigenvalue weighted by molar-refractivity contribution is 6.31. The van der Waals surface area contributed by atoms with Gasteiger partial charge in [-0.05, 0) is 85.8 Å². The van der Waals surface area contributed by atoms with E-state index in [1.807, 2.05) is 72.9 Å². The van der Waals surface area contributed by atoms with E-state index in [0.29, 0.717) is 21.6 Å². The summed E-state index contributed by atoms with van der Waals surface area (Å²) in [5, 5.41) is 12.6. The fraction of sp³-hybridized carbons (Fsp3) is 0.190. The van der Waals surface area contributed by atoms with Gasteiger partial charge in [-0.25, -0.2) is 0 Å². The summed E-state index contributed by atoms with van der Waals surface area (Å²) in [5.74, 6) is 0.174. The Labute approximate surface area is 314 Å². The minimum Gasteiger partial charge on any atom is -0.369 e. The molecule has 10 heteroatoms. The molecular weight excluding hydrogens is 689 g/mol. The number of benzene rings is 4. The highest BCUT2D eigenvalue weighted by Gasteiger charge is 2.29. The first kappa shape index (κ1) is 35.1. The van der Waals surface area contributed by atoms with E-state index in [1.165, 1.54) is 0 Å². The molecule has 264 valence electrons. The molecule has 2 aromatic heterocycles. The number of halogens is 2. The molecule has 1 aliphatic heterocycles. The molecule has 6 aromatic rings. The normalized spacial score (nSPS) is 14.6. The second kappa shape index (κ2) is 15.1. The molecule has 1 fully saturated rings. The summed E-state index contributed by atoms with van der Waals surface area (Å²) in [6, 6.07) is 31.8. The molecule has 0 saturated carbocycles. The summed E-state index contributed by atoms with van der Waals surface area (Å²) in [6.07, 6.45) is 3.57. The number of nitrogens with zero attached hydrogens (tertiary/aromatic N) is 4. The maximum absolute atomic E-state index is 14.7. The Kier molecular flexibility index (Phi) is 10.2. The molecule has 1 unspecified atom stereocenters. The van der Waals surface area contributed by atoms with Gasteiger partial charge >= 0.3 is 0 Å². The minimum atomic E-state index is -0.329. The van der Waals surface area contributed by atoms with Gasteiger partial charge in [-0.3, -0.25) is 9.89 Å². The minimum absolute atomic E-state index is 0.164. The zero-order chi connectivity index (χ0) is 36.4. The predicted octanol–water partition coefficient (Wildman–Crippen LogP) is 9.96. The zero-order valence-electron chi connectivity index (χ0n) is 29.5. The topological polar surface area (TPSA) is 83.3 Å². The number of rotatable bonds is 10. The van der Waals surface area contributed by atoms with E-state index in [-0.39, 0.29) is 11.9 Å². The molecule has 1 saturated heterocycles. The predicted molar refractivity (Wildman–Crippen MR) is 216 cm³/mol. The molecule has 1 atom stereocenters. The van der Waals surface area contributed by atoms with Crippen molar-refractivity contribution in [2.75, 3.05) is 43.4 Å². The molecule has 4 aromatic carbocycles. The van der Waals surface area contributed by atoms with Crippen molar-refractivity contribution >= 4 is 62.8 Å². The molecule has 1 amide bonds. The molecule has 0 radical (unpaired) electrons. The lowest BCUT2D eigenvalue weighted by Crippen LogP contribution is -2.44. The van der Waals surface area contributed by atoms with Crippen LogP contribution in [0.2, 0.25) is 10.0 Å². The Hall–Kier alpha value is -5.28. The summed E-state index contributed by atoms with van der Waals surface area (Å²) < 4.78 is 0. The summed E-state index contributed by atoms with van der Waals surface area (Å²) >= 11 is 12.8. The van der Waals surface area contributed by atoms with Crippen molar-refractivity contribution in [3.63, 3.8) is 0 Å². The van der Waals surface area contributed by atoms with Gasteiger partial charge in [0.05, 0.1) is 17.9 Å². The monoisotopic (exact) mass is 729 g/mol. The Morgan fingerprint density at radius 2 is 1.67 bits per heavy atom. The Balaban J connectivity index is 1.33. The van der Waals surface area contributed by atoms with Crippen LogP contribution in [0.1, 0.15) is 47.1 Å². The number of carbonyl (C=O) groups excluding carboxylic acids is 1. The highest BCUT2D eigenvalue weighted by Crippen LogP contribution is 2.41. The number of amides is 1. The number of carbonyl (C=O) groups is 1. The summed E-state index contributed by atoms with van der Waals surface area (Å²) in [7, 11) is 2.15. The van der Waals surface area contributed by atoms with Crippen LogP contribution >= 0.6 is 23.2 Å². The maximum atomic E-state index is 14.7. The number of anilines is 2. The lowest BCUT2D eigenvalue weighted by molar-refractivity contribution is 0.102. The van der Waals surface area contributed by atoms with Gasteiger partial charge in [0.1, 0.15) is 11.5 Å². The lowest BCUT2D eigenvalue weighted by atomic mass is 9.95. The van der Waals surface area contributed by atoms with E-state index >= 15 is 0 Å². The van der Waals surface area contributed by atoms with Crippen molar-refractivity contribution in [3.8, 4) is 11.1 Å². The van der Waals surface area contributed by atoms with Gasteiger partial charge in [0.2, 0.25) is 0 Å². The number of aromatic amines is 2. The number of nitrogens with one attached hydrogen (secondary N) is 3. The van der Waals surface area contributed by atoms with Crippen molar-refractivity contribution in [3.05, 3.63) is 148 Å². The number of piperazine rings is 1. The van der Waals surface area contributed by atoms with Crippen molar-refractivity contribution in [2.24, 2.45) is 0 Å². The number of H-pyrrole nitrogens is 2. The molecule has 3 heterocycles. The summed E-state index contributed by atoms with van der Waals surface area (Å²) in [5.41, 5.74) is 8.58. The maximum Gasteiger partial charge on any atom is 0.273 e.